The average molecular weight is 311 g/mol. The lowest BCUT2D eigenvalue weighted by Gasteiger charge is -2.07. The molecule has 0 radical (unpaired) electrons. The van der Waals surface area contributed by atoms with Gasteiger partial charge in [-0.3, -0.25) is 0 Å². The molecule has 3 aromatic rings. The SMILES string of the molecule is C=C1C=CC(=Nc2ccc(-c3cc4ccccc4o3)cc2)C=C1C. The number of allylic oxidation sites excluding steroid dienone is 5. The van der Waals surface area contributed by atoms with E-state index >= 15 is 0 Å². The van der Waals surface area contributed by atoms with Crippen LogP contribution in [0.15, 0.2) is 100.0 Å². The summed E-state index contributed by atoms with van der Waals surface area (Å²) >= 11 is 0. The first-order chi connectivity index (χ1) is 11.7. The lowest BCUT2D eigenvalue weighted by Crippen LogP contribution is -1.96. The van der Waals surface area contributed by atoms with Crippen LogP contribution in [0.2, 0.25) is 0 Å². The maximum Gasteiger partial charge on any atom is 0.135 e. The van der Waals surface area contributed by atoms with Crippen molar-refractivity contribution < 1.29 is 4.42 Å². The number of furan rings is 1. The van der Waals surface area contributed by atoms with E-state index in [0.717, 1.165) is 44.8 Å². The van der Waals surface area contributed by atoms with E-state index in [1.807, 2.05) is 61.5 Å². The molecule has 1 aromatic heterocycles. The maximum atomic E-state index is 5.90. The van der Waals surface area contributed by atoms with E-state index in [1.54, 1.807) is 0 Å². The van der Waals surface area contributed by atoms with Gasteiger partial charge in [-0.1, -0.05) is 30.9 Å². The summed E-state index contributed by atoms with van der Waals surface area (Å²) in [7, 11) is 0. The van der Waals surface area contributed by atoms with Crippen molar-refractivity contribution in [1.29, 1.82) is 0 Å². The average Bonchev–Trinajstić information content (AvgIpc) is 3.03. The van der Waals surface area contributed by atoms with Crippen LogP contribution in [-0.2, 0) is 0 Å². The number of fused-ring (bicyclic) bond motifs is 1. The van der Waals surface area contributed by atoms with Crippen LogP contribution in [-0.4, -0.2) is 5.71 Å². The highest BCUT2D eigenvalue weighted by molar-refractivity contribution is 6.07. The smallest absolute Gasteiger partial charge is 0.135 e. The molecule has 0 atom stereocenters. The Labute approximate surface area is 141 Å². The van der Waals surface area contributed by atoms with Crippen LogP contribution in [0.25, 0.3) is 22.3 Å². The van der Waals surface area contributed by atoms with E-state index in [4.69, 9.17) is 4.42 Å². The fraction of sp³-hybridized carbons (Fsp3) is 0.0455. The first-order valence-corrected chi connectivity index (χ1v) is 7.92. The van der Waals surface area contributed by atoms with Crippen molar-refractivity contribution in [2.75, 3.05) is 0 Å². The summed E-state index contributed by atoms with van der Waals surface area (Å²) in [5.41, 5.74) is 6.01. The molecule has 4 rings (SSSR count). The second kappa shape index (κ2) is 5.82. The van der Waals surface area contributed by atoms with Gasteiger partial charge in [-0.2, -0.15) is 0 Å². The predicted molar refractivity (Wildman–Crippen MR) is 101 cm³/mol. The lowest BCUT2D eigenvalue weighted by atomic mass is 10.0. The Balaban J connectivity index is 1.63. The lowest BCUT2D eigenvalue weighted by molar-refractivity contribution is 0.631. The third-order valence-corrected chi connectivity index (χ3v) is 4.16. The van der Waals surface area contributed by atoms with Crippen molar-refractivity contribution in [2.24, 2.45) is 4.99 Å². The molecule has 0 saturated heterocycles. The van der Waals surface area contributed by atoms with Crippen molar-refractivity contribution in [3.63, 3.8) is 0 Å². The van der Waals surface area contributed by atoms with Gasteiger partial charge in [0.2, 0.25) is 0 Å². The Bertz CT molecular complexity index is 981. The fourth-order valence-corrected chi connectivity index (χ4v) is 2.72. The Morgan fingerprint density at radius 2 is 1.75 bits per heavy atom. The summed E-state index contributed by atoms with van der Waals surface area (Å²) in [6.07, 6.45) is 6.04. The molecule has 0 amide bonds. The van der Waals surface area contributed by atoms with E-state index in [2.05, 4.69) is 29.8 Å². The molecule has 0 unspecified atom stereocenters. The normalized spacial score (nSPS) is 16.0. The van der Waals surface area contributed by atoms with Gasteiger partial charge in [0, 0.05) is 10.9 Å². The quantitative estimate of drug-likeness (QED) is 0.549. The third-order valence-electron chi connectivity index (χ3n) is 4.16. The Hall–Kier alpha value is -3.13. The zero-order chi connectivity index (χ0) is 16.5. The molecule has 0 saturated carbocycles. The van der Waals surface area contributed by atoms with E-state index < -0.39 is 0 Å². The summed E-state index contributed by atoms with van der Waals surface area (Å²) < 4.78 is 5.90. The minimum absolute atomic E-state index is 0.875. The summed E-state index contributed by atoms with van der Waals surface area (Å²) in [5.74, 6) is 0.875. The van der Waals surface area contributed by atoms with Gasteiger partial charge < -0.3 is 4.42 Å². The van der Waals surface area contributed by atoms with Crippen molar-refractivity contribution in [1.82, 2.24) is 0 Å². The van der Waals surface area contributed by atoms with Crippen LogP contribution in [0.1, 0.15) is 6.92 Å². The topological polar surface area (TPSA) is 25.5 Å². The number of benzene rings is 2. The Morgan fingerprint density at radius 1 is 0.958 bits per heavy atom. The molecular formula is C22H17NO. The molecule has 0 aliphatic heterocycles. The van der Waals surface area contributed by atoms with Gasteiger partial charge in [0.05, 0.1) is 11.4 Å². The molecule has 116 valence electrons. The third kappa shape index (κ3) is 2.74. The van der Waals surface area contributed by atoms with Crippen LogP contribution >= 0.6 is 0 Å². The van der Waals surface area contributed by atoms with E-state index in [9.17, 15) is 0 Å². The van der Waals surface area contributed by atoms with Crippen molar-refractivity contribution in [2.45, 2.75) is 6.92 Å². The first kappa shape index (κ1) is 14.5. The van der Waals surface area contributed by atoms with Gasteiger partial charge in [-0.25, -0.2) is 4.99 Å². The summed E-state index contributed by atoms with van der Waals surface area (Å²) in [6, 6.07) is 18.2. The molecule has 2 heteroatoms. The molecular weight excluding hydrogens is 294 g/mol. The molecule has 1 aliphatic rings. The van der Waals surface area contributed by atoms with Crippen molar-refractivity contribution in [3.05, 3.63) is 90.6 Å². The summed E-state index contributed by atoms with van der Waals surface area (Å²) in [5, 5.41) is 1.12. The standard InChI is InChI=1S/C22H17NO/c1-15-7-10-20(13-16(15)2)23-19-11-8-17(9-12-19)22-14-18-5-3-4-6-21(18)24-22/h3-14H,1H2,2H3. The van der Waals surface area contributed by atoms with Crippen LogP contribution in [0.4, 0.5) is 5.69 Å². The second-order valence-electron chi connectivity index (χ2n) is 5.92. The van der Waals surface area contributed by atoms with Crippen LogP contribution < -0.4 is 0 Å². The number of hydrogen-bond acceptors (Lipinski definition) is 2. The number of rotatable bonds is 2. The molecule has 0 spiro atoms. The molecule has 0 bridgehead atoms. The minimum atomic E-state index is 0.875. The van der Waals surface area contributed by atoms with Gasteiger partial charge >= 0.3 is 0 Å². The number of para-hydroxylation sites is 1. The van der Waals surface area contributed by atoms with Gasteiger partial charge in [0.25, 0.3) is 0 Å². The molecule has 1 aliphatic carbocycles. The van der Waals surface area contributed by atoms with Gasteiger partial charge in [-0.15, -0.1) is 0 Å². The monoisotopic (exact) mass is 311 g/mol. The largest absolute Gasteiger partial charge is 0.456 e. The van der Waals surface area contributed by atoms with Gasteiger partial charge in [-0.05, 0) is 66.6 Å². The molecule has 24 heavy (non-hydrogen) atoms. The highest BCUT2D eigenvalue weighted by Crippen LogP contribution is 2.29. The number of aliphatic imine (C=N–C) groups is 1. The predicted octanol–water partition coefficient (Wildman–Crippen LogP) is 6.24. The molecule has 1 heterocycles. The number of hydrogen-bond donors (Lipinski definition) is 0. The van der Waals surface area contributed by atoms with Gasteiger partial charge in [0.15, 0.2) is 0 Å². The maximum absolute atomic E-state index is 5.90. The fourth-order valence-electron chi connectivity index (χ4n) is 2.72. The highest BCUT2D eigenvalue weighted by atomic mass is 16.3. The van der Waals surface area contributed by atoms with Crippen LogP contribution in [0.5, 0.6) is 0 Å². The zero-order valence-electron chi connectivity index (χ0n) is 13.5. The van der Waals surface area contributed by atoms with Gasteiger partial charge in [0.1, 0.15) is 11.3 Å². The summed E-state index contributed by atoms with van der Waals surface area (Å²) in [4.78, 5) is 4.66. The summed E-state index contributed by atoms with van der Waals surface area (Å²) in [6.45, 7) is 6.03. The zero-order valence-corrected chi connectivity index (χ0v) is 13.5. The van der Waals surface area contributed by atoms with Crippen LogP contribution in [0, 0.1) is 0 Å². The van der Waals surface area contributed by atoms with Crippen LogP contribution in [0.3, 0.4) is 0 Å². The van der Waals surface area contributed by atoms with Crippen molar-refractivity contribution >= 4 is 22.4 Å². The minimum Gasteiger partial charge on any atom is -0.456 e. The first-order valence-electron chi connectivity index (χ1n) is 7.92. The van der Waals surface area contributed by atoms with E-state index in [0.29, 0.717) is 0 Å². The van der Waals surface area contributed by atoms with E-state index in [-0.39, 0.29) is 0 Å². The Morgan fingerprint density at radius 3 is 2.50 bits per heavy atom. The molecule has 2 aromatic carbocycles. The Kier molecular flexibility index (Phi) is 3.51. The van der Waals surface area contributed by atoms with E-state index in [1.165, 1.54) is 0 Å². The molecule has 2 nitrogen and oxygen atoms in total. The van der Waals surface area contributed by atoms with Crippen molar-refractivity contribution in [3.8, 4) is 11.3 Å². The molecule has 0 fully saturated rings. The number of nitrogens with zero attached hydrogens (tertiary/aromatic N) is 1. The highest BCUT2D eigenvalue weighted by Gasteiger charge is 2.06. The molecule has 0 N–H and O–H groups in total. The second-order valence-corrected chi connectivity index (χ2v) is 5.92.